The Morgan fingerprint density at radius 2 is 1.89 bits per heavy atom. The van der Waals surface area contributed by atoms with Gasteiger partial charge in [-0.1, -0.05) is 35.5 Å². The lowest BCUT2D eigenvalue weighted by Crippen LogP contribution is -2.26. The number of nitrogens with zero attached hydrogens (tertiary/aromatic N) is 3. The fourth-order valence-corrected chi connectivity index (χ4v) is 3.42. The van der Waals surface area contributed by atoms with Gasteiger partial charge in [-0.05, 0) is 12.1 Å². The van der Waals surface area contributed by atoms with E-state index >= 15 is 0 Å². The number of nitrogens with one attached hydrogen (secondary N) is 1. The van der Waals surface area contributed by atoms with E-state index in [0.29, 0.717) is 18.7 Å². The van der Waals surface area contributed by atoms with E-state index in [1.54, 1.807) is 29.8 Å². The first-order valence-corrected chi connectivity index (χ1v) is 9.33. The van der Waals surface area contributed by atoms with Gasteiger partial charge in [0.05, 0.1) is 5.69 Å². The van der Waals surface area contributed by atoms with Crippen molar-refractivity contribution >= 4 is 17.2 Å². The van der Waals surface area contributed by atoms with Gasteiger partial charge in [0, 0.05) is 47.9 Å². The van der Waals surface area contributed by atoms with Crippen LogP contribution in [-0.4, -0.2) is 27.6 Å². The Kier molecular flexibility index (Phi) is 5.02. The van der Waals surface area contributed by atoms with Crippen molar-refractivity contribution < 1.29 is 9.32 Å². The van der Waals surface area contributed by atoms with Crippen LogP contribution in [0, 0.1) is 0 Å². The maximum Gasteiger partial charge on any atom is 0.273 e. The molecule has 1 amide bonds. The molecule has 3 heterocycles. The van der Waals surface area contributed by atoms with Crippen molar-refractivity contribution in [2.24, 2.45) is 0 Å². The molecule has 0 radical (unpaired) electrons. The zero-order valence-electron chi connectivity index (χ0n) is 14.3. The molecule has 4 aromatic rings. The molecule has 0 aliphatic rings. The summed E-state index contributed by atoms with van der Waals surface area (Å²) < 4.78 is 5.26. The minimum absolute atomic E-state index is 0.259. The fourth-order valence-electron chi connectivity index (χ4n) is 2.56. The summed E-state index contributed by atoms with van der Waals surface area (Å²) in [7, 11) is 0. The van der Waals surface area contributed by atoms with Crippen LogP contribution in [0.25, 0.3) is 21.9 Å². The molecule has 7 heteroatoms. The first-order chi connectivity index (χ1) is 13.3. The van der Waals surface area contributed by atoms with Crippen LogP contribution < -0.4 is 5.32 Å². The van der Waals surface area contributed by atoms with Crippen LogP contribution >= 0.6 is 11.3 Å². The van der Waals surface area contributed by atoms with Crippen molar-refractivity contribution in [2.75, 3.05) is 6.54 Å². The van der Waals surface area contributed by atoms with Crippen molar-refractivity contribution in [1.82, 2.24) is 20.4 Å². The number of thiazole rings is 1. The number of aromatic nitrogens is 3. The zero-order chi connectivity index (χ0) is 18.5. The minimum atomic E-state index is -0.259. The van der Waals surface area contributed by atoms with E-state index in [4.69, 9.17) is 4.52 Å². The number of hydrogen-bond donors (Lipinski definition) is 1. The fraction of sp³-hybridized carbons (Fsp3) is 0.100. The summed E-state index contributed by atoms with van der Waals surface area (Å²) >= 11 is 1.58. The molecular weight excluding hydrogens is 360 g/mol. The average Bonchev–Trinajstić information content (AvgIpc) is 3.39. The second-order valence-corrected chi connectivity index (χ2v) is 6.69. The summed E-state index contributed by atoms with van der Waals surface area (Å²) in [5.74, 6) is 0.313. The van der Waals surface area contributed by atoms with Gasteiger partial charge in [0.1, 0.15) is 5.01 Å². The van der Waals surface area contributed by atoms with Crippen molar-refractivity contribution in [2.45, 2.75) is 6.42 Å². The Labute approximate surface area is 159 Å². The average molecular weight is 376 g/mol. The van der Waals surface area contributed by atoms with Gasteiger partial charge in [-0.3, -0.25) is 9.78 Å². The van der Waals surface area contributed by atoms with Crippen LogP contribution in [0.5, 0.6) is 0 Å². The molecule has 6 nitrogen and oxygen atoms in total. The van der Waals surface area contributed by atoms with Gasteiger partial charge in [-0.25, -0.2) is 4.98 Å². The third-order valence-electron chi connectivity index (χ3n) is 3.95. The van der Waals surface area contributed by atoms with Crippen LogP contribution in [-0.2, 0) is 6.42 Å². The highest BCUT2D eigenvalue weighted by atomic mass is 32.1. The lowest BCUT2D eigenvalue weighted by molar-refractivity contribution is 0.0945. The summed E-state index contributed by atoms with van der Waals surface area (Å²) in [5, 5.41) is 9.66. The molecule has 0 aliphatic carbocycles. The van der Waals surface area contributed by atoms with Crippen LogP contribution in [0.4, 0.5) is 0 Å². The molecule has 3 aromatic heterocycles. The lowest BCUT2D eigenvalue weighted by atomic mass is 10.1. The molecular formula is C20H16N4O2S. The summed E-state index contributed by atoms with van der Waals surface area (Å²) in [5.41, 5.74) is 3.14. The predicted molar refractivity (Wildman–Crippen MR) is 103 cm³/mol. The van der Waals surface area contributed by atoms with Gasteiger partial charge in [-0.15, -0.1) is 11.3 Å². The Morgan fingerprint density at radius 3 is 2.70 bits per heavy atom. The maximum absolute atomic E-state index is 12.2. The molecule has 0 saturated carbocycles. The lowest BCUT2D eigenvalue weighted by Gasteiger charge is -2.00. The van der Waals surface area contributed by atoms with Crippen molar-refractivity contribution in [1.29, 1.82) is 0 Å². The van der Waals surface area contributed by atoms with Crippen molar-refractivity contribution in [3.63, 3.8) is 0 Å². The molecule has 0 unspecified atom stereocenters. The SMILES string of the molecule is O=C(NCCc1csc(-c2ccncc2)n1)c1cc(-c2ccccc2)on1. The van der Waals surface area contributed by atoms with Crippen LogP contribution in [0.15, 0.2) is 70.8 Å². The molecule has 4 rings (SSSR count). The number of amides is 1. The zero-order valence-corrected chi connectivity index (χ0v) is 15.1. The van der Waals surface area contributed by atoms with Gasteiger partial charge in [0.2, 0.25) is 0 Å². The Balaban J connectivity index is 1.33. The van der Waals surface area contributed by atoms with E-state index in [2.05, 4.69) is 20.4 Å². The van der Waals surface area contributed by atoms with E-state index < -0.39 is 0 Å². The van der Waals surface area contributed by atoms with Crippen LogP contribution in [0.3, 0.4) is 0 Å². The summed E-state index contributed by atoms with van der Waals surface area (Å²) in [6.45, 7) is 0.478. The number of hydrogen-bond acceptors (Lipinski definition) is 6. The van der Waals surface area contributed by atoms with E-state index in [1.165, 1.54) is 0 Å². The molecule has 0 atom stereocenters. The highest BCUT2D eigenvalue weighted by Gasteiger charge is 2.13. The van der Waals surface area contributed by atoms with Gasteiger partial charge < -0.3 is 9.84 Å². The van der Waals surface area contributed by atoms with Gasteiger partial charge in [0.25, 0.3) is 5.91 Å². The summed E-state index contributed by atoms with van der Waals surface area (Å²) in [6, 6.07) is 15.1. The standard InChI is InChI=1S/C20H16N4O2S/c25-19(17-12-18(26-24-17)14-4-2-1-3-5-14)22-11-8-16-13-27-20(23-16)15-6-9-21-10-7-15/h1-7,9-10,12-13H,8,11H2,(H,22,25). The largest absolute Gasteiger partial charge is 0.355 e. The Morgan fingerprint density at radius 1 is 1.07 bits per heavy atom. The minimum Gasteiger partial charge on any atom is -0.355 e. The smallest absolute Gasteiger partial charge is 0.273 e. The molecule has 27 heavy (non-hydrogen) atoms. The van der Waals surface area contributed by atoms with Gasteiger partial charge >= 0.3 is 0 Å². The highest BCUT2D eigenvalue weighted by Crippen LogP contribution is 2.23. The molecule has 134 valence electrons. The number of pyridine rings is 1. The number of benzene rings is 1. The van der Waals surface area contributed by atoms with Gasteiger partial charge in [0.15, 0.2) is 11.5 Å². The molecule has 1 aromatic carbocycles. The second kappa shape index (κ2) is 7.92. The number of rotatable bonds is 6. The van der Waals surface area contributed by atoms with Crippen molar-refractivity contribution in [3.05, 3.63) is 77.7 Å². The van der Waals surface area contributed by atoms with E-state index in [-0.39, 0.29) is 11.6 Å². The highest BCUT2D eigenvalue weighted by molar-refractivity contribution is 7.13. The number of carbonyl (C=O) groups is 1. The third kappa shape index (κ3) is 4.09. The molecule has 0 fully saturated rings. The first-order valence-electron chi connectivity index (χ1n) is 8.45. The molecule has 0 bridgehead atoms. The van der Waals surface area contributed by atoms with E-state index in [1.807, 2.05) is 47.8 Å². The molecule has 0 spiro atoms. The summed E-state index contributed by atoms with van der Waals surface area (Å²) in [4.78, 5) is 20.9. The maximum atomic E-state index is 12.2. The third-order valence-corrected chi connectivity index (χ3v) is 4.89. The summed E-state index contributed by atoms with van der Waals surface area (Å²) in [6.07, 6.45) is 4.15. The topological polar surface area (TPSA) is 80.9 Å². The quantitative estimate of drug-likeness (QED) is 0.553. The monoisotopic (exact) mass is 376 g/mol. The molecule has 1 N–H and O–H groups in total. The Hall–Kier alpha value is -3.32. The Bertz CT molecular complexity index is 1030. The number of carbonyl (C=O) groups excluding carboxylic acids is 1. The van der Waals surface area contributed by atoms with E-state index in [0.717, 1.165) is 21.8 Å². The second-order valence-electron chi connectivity index (χ2n) is 5.83. The molecule has 0 saturated heterocycles. The van der Waals surface area contributed by atoms with Gasteiger partial charge in [-0.2, -0.15) is 0 Å². The van der Waals surface area contributed by atoms with E-state index in [9.17, 15) is 4.79 Å². The van der Waals surface area contributed by atoms with Crippen LogP contribution in [0.2, 0.25) is 0 Å². The predicted octanol–water partition coefficient (Wildman–Crippen LogP) is 3.83. The van der Waals surface area contributed by atoms with Crippen LogP contribution in [0.1, 0.15) is 16.2 Å². The first kappa shape index (κ1) is 17.1. The normalized spacial score (nSPS) is 10.7. The molecule has 0 aliphatic heterocycles. The van der Waals surface area contributed by atoms with Crippen molar-refractivity contribution in [3.8, 4) is 21.9 Å².